The van der Waals surface area contributed by atoms with Crippen LogP contribution in [0.1, 0.15) is 20.3 Å². The SMILES string of the molecule is C=C(C)C(=O)OCCC(O)OC=CC. The zero-order valence-electron chi connectivity index (χ0n) is 8.53. The summed E-state index contributed by atoms with van der Waals surface area (Å²) in [5.74, 6) is -0.455. The molecule has 1 atom stereocenters. The van der Waals surface area contributed by atoms with Crippen molar-refractivity contribution in [2.75, 3.05) is 6.61 Å². The molecule has 1 N–H and O–H groups in total. The van der Waals surface area contributed by atoms with Crippen molar-refractivity contribution in [2.24, 2.45) is 0 Å². The summed E-state index contributed by atoms with van der Waals surface area (Å²) in [5.41, 5.74) is 0.342. The second kappa shape index (κ2) is 7.15. The molecule has 80 valence electrons. The Morgan fingerprint density at radius 1 is 1.64 bits per heavy atom. The zero-order chi connectivity index (χ0) is 11.0. The Hall–Kier alpha value is -1.29. The van der Waals surface area contributed by atoms with E-state index in [1.54, 1.807) is 19.9 Å². The smallest absolute Gasteiger partial charge is 0.333 e. The summed E-state index contributed by atoms with van der Waals surface area (Å²) >= 11 is 0. The molecular formula is C10H16O4. The highest BCUT2D eigenvalue weighted by Gasteiger charge is 2.06. The van der Waals surface area contributed by atoms with E-state index < -0.39 is 12.3 Å². The van der Waals surface area contributed by atoms with E-state index in [4.69, 9.17) is 14.6 Å². The molecule has 0 aromatic rings. The minimum Gasteiger partial charge on any atom is -0.473 e. The van der Waals surface area contributed by atoms with Gasteiger partial charge in [0.15, 0.2) is 6.29 Å². The maximum absolute atomic E-state index is 10.9. The van der Waals surface area contributed by atoms with Gasteiger partial charge in [-0.15, -0.1) is 0 Å². The molecule has 0 heterocycles. The molecular weight excluding hydrogens is 184 g/mol. The van der Waals surface area contributed by atoms with Gasteiger partial charge in [0.1, 0.15) is 0 Å². The molecule has 0 saturated heterocycles. The van der Waals surface area contributed by atoms with Crippen LogP contribution in [0.5, 0.6) is 0 Å². The van der Waals surface area contributed by atoms with Gasteiger partial charge in [-0.2, -0.15) is 0 Å². The van der Waals surface area contributed by atoms with Crippen molar-refractivity contribution < 1.29 is 19.4 Å². The molecule has 0 aliphatic rings. The van der Waals surface area contributed by atoms with E-state index in [-0.39, 0.29) is 13.0 Å². The molecule has 0 saturated carbocycles. The molecule has 0 amide bonds. The van der Waals surface area contributed by atoms with Crippen molar-refractivity contribution in [3.8, 4) is 0 Å². The van der Waals surface area contributed by atoms with Gasteiger partial charge in [0.25, 0.3) is 0 Å². The van der Waals surface area contributed by atoms with Crippen molar-refractivity contribution >= 4 is 5.97 Å². The average Bonchev–Trinajstić information content (AvgIpc) is 2.14. The summed E-state index contributed by atoms with van der Waals surface area (Å²) in [6, 6.07) is 0. The molecule has 0 aromatic carbocycles. The lowest BCUT2D eigenvalue weighted by molar-refractivity contribution is -0.141. The van der Waals surface area contributed by atoms with Crippen LogP contribution in [0, 0.1) is 0 Å². The number of hydrogen-bond acceptors (Lipinski definition) is 4. The van der Waals surface area contributed by atoms with Crippen LogP contribution >= 0.6 is 0 Å². The second-order valence-electron chi connectivity index (χ2n) is 2.77. The van der Waals surface area contributed by atoms with Crippen LogP contribution in [0.4, 0.5) is 0 Å². The number of hydrogen-bond donors (Lipinski definition) is 1. The third-order valence-corrected chi connectivity index (χ3v) is 1.32. The molecule has 0 spiro atoms. The van der Waals surface area contributed by atoms with E-state index in [1.165, 1.54) is 6.26 Å². The van der Waals surface area contributed by atoms with Gasteiger partial charge < -0.3 is 14.6 Å². The van der Waals surface area contributed by atoms with Gasteiger partial charge >= 0.3 is 5.97 Å². The quantitative estimate of drug-likeness (QED) is 0.304. The molecule has 0 aliphatic heterocycles. The zero-order valence-corrected chi connectivity index (χ0v) is 8.53. The van der Waals surface area contributed by atoms with Gasteiger partial charge in [0.2, 0.25) is 0 Å². The first-order valence-corrected chi connectivity index (χ1v) is 4.35. The Labute approximate surface area is 83.8 Å². The summed E-state index contributed by atoms with van der Waals surface area (Å²) in [6.45, 7) is 6.87. The molecule has 0 fully saturated rings. The minimum absolute atomic E-state index is 0.115. The molecule has 0 aliphatic carbocycles. The lowest BCUT2D eigenvalue weighted by Crippen LogP contribution is -2.14. The lowest BCUT2D eigenvalue weighted by atomic mass is 10.3. The van der Waals surface area contributed by atoms with Crippen molar-refractivity contribution in [1.29, 1.82) is 0 Å². The normalized spacial score (nSPS) is 12.5. The molecule has 0 aromatic heterocycles. The molecule has 4 nitrogen and oxygen atoms in total. The van der Waals surface area contributed by atoms with Crippen LogP contribution in [0.3, 0.4) is 0 Å². The van der Waals surface area contributed by atoms with Gasteiger partial charge in [-0.1, -0.05) is 12.7 Å². The van der Waals surface area contributed by atoms with Crippen LogP contribution in [0.15, 0.2) is 24.5 Å². The Bertz CT molecular complexity index is 220. The van der Waals surface area contributed by atoms with Gasteiger partial charge in [0, 0.05) is 12.0 Å². The Kier molecular flexibility index (Phi) is 6.49. The van der Waals surface area contributed by atoms with Gasteiger partial charge in [0.05, 0.1) is 12.9 Å². The molecule has 0 rings (SSSR count). The van der Waals surface area contributed by atoms with Crippen molar-refractivity contribution in [3.05, 3.63) is 24.5 Å². The van der Waals surface area contributed by atoms with Crippen molar-refractivity contribution in [3.63, 3.8) is 0 Å². The Morgan fingerprint density at radius 3 is 2.79 bits per heavy atom. The number of esters is 1. The monoisotopic (exact) mass is 200 g/mol. The number of aliphatic hydroxyl groups excluding tert-OH is 1. The van der Waals surface area contributed by atoms with Crippen LogP contribution in [-0.4, -0.2) is 24.0 Å². The minimum atomic E-state index is -0.941. The maximum atomic E-state index is 10.9. The molecule has 14 heavy (non-hydrogen) atoms. The van der Waals surface area contributed by atoms with E-state index in [9.17, 15) is 4.79 Å². The van der Waals surface area contributed by atoms with E-state index in [0.29, 0.717) is 5.57 Å². The summed E-state index contributed by atoms with van der Waals surface area (Å²) in [4.78, 5) is 10.9. The predicted octanol–water partition coefficient (Wildman–Crippen LogP) is 1.36. The Balaban J connectivity index is 3.53. The van der Waals surface area contributed by atoms with Gasteiger partial charge in [-0.25, -0.2) is 4.79 Å². The number of allylic oxidation sites excluding steroid dienone is 1. The largest absolute Gasteiger partial charge is 0.473 e. The predicted molar refractivity (Wildman–Crippen MR) is 52.3 cm³/mol. The first-order valence-electron chi connectivity index (χ1n) is 4.35. The van der Waals surface area contributed by atoms with Crippen LogP contribution in [-0.2, 0) is 14.3 Å². The van der Waals surface area contributed by atoms with Crippen molar-refractivity contribution in [2.45, 2.75) is 26.6 Å². The van der Waals surface area contributed by atoms with Crippen LogP contribution < -0.4 is 0 Å². The van der Waals surface area contributed by atoms with Gasteiger partial charge in [-0.05, 0) is 13.8 Å². The van der Waals surface area contributed by atoms with E-state index in [1.807, 2.05) is 0 Å². The first kappa shape index (κ1) is 12.7. The van der Waals surface area contributed by atoms with Crippen molar-refractivity contribution in [1.82, 2.24) is 0 Å². The number of ether oxygens (including phenoxy) is 2. The summed E-state index contributed by atoms with van der Waals surface area (Å²) in [6.07, 6.45) is 2.33. The van der Waals surface area contributed by atoms with Crippen LogP contribution in [0.2, 0.25) is 0 Å². The number of carbonyl (C=O) groups excluding carboxylic acids is 1. The summed E-state index contributed by atoms with van der Waals surface area (Å²) in [5, 5.41) is 9.14. The number of aliphatic hydroxyl groups is 1. The highest BCUT2D eigenvalue weighted by molar-refractivity contribution is 5.86. The lowest BCUT2D eigenvalue weighted by Gasteiger charge is -2.09. The highest BCUT2D eigenvalue weighted by atomic mass is 16.6. The second-order valence-corrected chi connectivity index (χ2v) is 2.77. The molecule has 1 unspecified atom stereocenters. The summed E-state index contributed by atoms with van der Waals surface area (Å²) in [7, 11) is 0. The third kappa shape index (κ3) is 6.25. The fourth-order valence-electron chi connectivity index (χ4n) is 0.613. The Morgan fingerprint density at radius 2 is 2.29 bits per heavy atom. The van der Waals surface area contributed by atoms with Crippen LogP contribution in [0.25, 0.3) is 0 Å². The fraction of sp³-hybridized carbons (Fsp3) is 0.500. The molecule has 0 bridgehead atoms. The van der Waals surface area contributed by atoms with E-state index in [0.717, 1.165) is 0 Å². The average molecular weight is 200 g/mol. The molecule has 4 heteroatoms. The first-order chi connectivity index (χ1) is 6.57. The third-order valence-electron chi connectivity index (χ3n) is 1.32. The summed E-state index contributed by atoms with van der Waals surface area (Å²) < 4.78 is 9.55. The number of rotatable bonds is 6. The maximum Gasteiger partial charge on any atom is 0.333 e. The fourth-order valence-corrected chi connectivity index (χ4v) is 0.613. The standard InChI is InChI=1S/C10H16O4/c1-4-6-13-9(11)5-7-14-10(12)8(2)3/h4,6,9,11H,2,5,7H2,1,3H3. The highest BCUT2D eigenvalue weighted by Crippen LogP contribution is 1.98. The van der Waals surface area contributed by atoms with Gasteiger partial charge in [-0.3, -0.25) is 0 Å². The van der Waals surface area contributed by atoms with E-state index in [2.05, 4.69) is 6.58 Å². The topological polar surface area (TPSA) is 55.8 Å². The van der Waals surface area contributed by atoms with E-state index >= 15 is 0 Å². The molecule has 0 radical (unpaired) electrons. The number of carbonyl (C=O) groups is 1.